The highest BCUT2D eigenvalue weighted by Crippen LogP contribution is 2.30. The molecule has 3 amide bonds. The van der Waals surface area contributed by atoms with E-state index >= 15 is 0 Å². The van der Waals surface area contributed by atoms with Crippen molar-refractivity contribution in [3.63, 3.8) is 0 Å². The third-order valence-electron chi connectivity index (χ3n) is 7.20. The molecule has 0 aliphatic carbocycles. The summed E-state index contributed by atoms with van der Waals surface area (Å²) in [6, 6.07) is 21.7. The molecule has 0 bridgehead atoms. The van der Waals surface area contributed by atoms with Gasteiger partial charge in [0.1, 0.15) is 10.9 Å². The van der Waals surface area contributed by atoms with Crippen LogP contribution < -0.4 is 5.32 Å². The van der Waals surface area contributed by atoms with Gasteiger partial charge in [0.2, 0.25) is 11.8 Å². The van der Waals surface area contributed by atoms with Crippen LogP contribution >= 0.6 is 11.6 Å². The summed E-state index contributed by atoms with van der Waals surface area (Å²) in [4.78, 5) is 41.7. The lowest BCUT2D eigenvalue weighted by atomic mass is 10.0. The van der Waals surface area contributed by atoms with Crippen LogP contribution in [0.3, 0.4) is 0 Å². The fourth-order valence-electron chi connectivity index (χ4n) is 4.75. The Kier molecular flexibility index (Phi) is 9.83. The van der Waals surface area contributed by atoms with Crippen molar-refractivity contribution in [3.8, 4) is 0 Å². The second kappa shape index (κ2) is 13.3. The molecule has 3 aromatic rings. The SMILES string of the molecule is CC[C@@H](C)NC(=O)[C@@H](Cc1ccccc1)N(Cc1ccc(Cl)cc1)C(=O)CCCN1C(=O)c2ccccc2S1(=O)=O. The molecule has 1 N–H and O–H groups in total. The second-order valence-corrected chi connectivity index (χ2v) is 12.4. The van der Waals surface area contributed by atoms with Crippen LogP contribution in [0.1, 0.15) is 54.6 Å². The van der Waals surface area contributed by atoms with E-state index in [-0.39, 0.29) is 54.2 Å². The molecule has 1 aliphatic rings. The van der Waals surface area contributed by atoms with Crippen LogP contribution in [0.2, 0.25) is 5.02 Å². The van der Waals surface area contributed by atoms with Gasteiger partial charge in [-0.3, -0.25) is 14.4 Å². The third-order valence-corrected chi connectivity index (χ3v) is 9.29. The van der Waals surface area contributed by atoms with E-state index < -0.39 is 22.0 Å². The molecule has 2 atom stereocenters. The Morgan fingerprint density at radius 2 is 1.61 bits per heavy atom. The molecule has 0 saturated heterocycles. The Morgan fingerprint density at radius 1 is 0.951 bits per heavy atom. The maximum atomic E-state index is 13.8. The van der Waals surface area contributed by atoms with Crippen molar-refractivity contribution in [1.29, 1.82) is 0 Å². The summed E-state index contributed by atoms with van der Waals surface area (Å²) in [6.45, 7) is 3.90. The Bertz CT molecular complexity index is 1500. The average Bonchev–Trinajstić information content (AvgIpc) is 3.16. The van der Waals surface area contributed by atoms with E-state index in [9.17, 15) is 22.8 Å². The van der Waals surface area contributed by atoms with Gasteiger partial charge in [0.15, 0.2) is 0 Å². The number of amides is 3. The van der Waals surface area contributed by atoms with Crippen molar-refractivity contribution in [2.45, 2.75) is 63.1 Å². The number of nitrogens with one attached hydrogen (secondary N) is 1. The fraction of sp³-hybridized carbons (Fsp3) is 0.323. The van der Waals surface area contributed by atoms with Crippen molar-refractivity contribution >= 4 is 39.3 Å². The minimum Gasteiger partial charge on any atom is -0.352 e. The van der Waals surface area contributed by atoms with Gasteiger partial charge in [-0.15, -0.1) is 0 Å². The van der Waals surface area contributed by atoms with Crippen LogP contribution in [-0.2, 0) is 32.6 Å². The van der Waals surface area contributed by atoms with Gasteiger partial charge in [-0.05, 0) is 55.2 Å². The average molecular weight is 596 g/mol. The first-order valence-electron chi connectivity index (χ1n) is 13.7. The molecule has 1 heterocycles. The molecule has 1 aliphatic heterocycles. The van der Waals surface area contributed by atoms with Gasteiger partial charge < -0.3 is 10.2 Å². The summed E-state index contributed by atoms with van der Waals surface area (Å²) in [5.74, 6) is -1.18. The highest BCUT2D eigenvalue weighted by molar-refractivity contribution is 7.90. The summed E-state index contributed by atoms with van der Waals surface area (Å²) >= 11 is 6.08. The largest absolute Gasteiger partial charge is 0.352 e. The Labute approximate surface area is 246 Å². The number of carbonyl (C=O) groups is 3. The number of nitrogens with zero attached hydrogens (tertiary/aromatic N) is 2. The van der Waals surface area contributed by atoms with Crippen molar-refractivity contribution < 1.29 is 22.8 Å². The highest BCUT2D eigenvalue weighted by atomic mass is 35.5. The maximum Gasteiger partial charge on any atom is 0.269 e. The highest BCUT2D eigenvalue weighted by Gasteiger charge is 2.40. The van der Waals surface area contributed by atoms with Crippen molar-refractivity contribution in [2.24, 2.45) is 0 Å². The summed E-state index contributed by atoms with van der Waals surface area (Å²) in [7, 11) is -3.97. The van der Waals surface area contributed by atoms with Gasteiger partial charge in [-0.2, -0.15) is 0 Å². The molecule has 0 radical (unpaired) electrons. The zero-order valence-corrected chi connectivity index (χ0v) is 24.7. The number of fused-ring (bicyclic) bond motifs is 1. The molecule has 8 nitrogen and oxygen atoms in total. The molecule has 0 aromatic heterocycles. The van der Waals surface area contributed by atoms with Gasteiger partial charge in [0.25, 0.3) is 15.9 Å². The fourth-order valence-corrected chi connectivity index (χ4v) is 6.48. The summed E-state index contributed by atoms with van der Waals surface area (Å²) < 4.78 is 26.7. The Hall–Kier alpha value is -3.69. The number of halogens is 1. The quantitative estimate of drug-likeness (QED) is 0.323. The molecule has 10 heteroatoms. The molecule has 0 fully saturated rings. The standard InChI is InChI=1S/C31H34ClN3O5S/c1-3-22(2)33-30(37)27(20-23-10-5-4-6-11-23)34(21-24-15-17-25(32)18-16-24)29(36)14-9-19-35-31(38)26-12-7-8-13-28(26)41(35,39)40/h4-8,10-13,15-18,22,27H,3,9,14,19-21H2,1-2H3,(H,33,37)/t22-,27-/m1/s1. The van der Waals surface area contributed by atoms with E-state index in [2.05, 4.69) is 5.32 Å². The number of hydrogen-bond acceptors (Lipinski definition) is 5. The maximum absolute atomic E-state index is 13.8. The van der Waals surface area contributed by atoms with Gasteiger partial charge in [0, 0.05) is 37.0 Å². The molecule has 0 unspecified atom stereocenters. The lowest BCUT2D eigenvalue weighted by Gasteiger charge is -2.32. The van der Waals surface area contributed by atoms with E-state index in [0.29, 0.717) is 11.4 Å². The minimum absolute atomic E-state index is 0.0228. The summed E-state index contributed by atoms with van der Waals surface area (Å²) in [5.41, 5.74) is 1.83. The van der Waals surface area contributed by atoms with Crippen LogP contribution in [-0.4, -0.2) is 54.0 Å². The van der Waals surface area contributed by atoms with Crippen LogP contribution in [0.5, 0.6) is 0 Å². The van der Waals surface area contributed by atoms with E-state index in [4.69, 9.17) is 11.6 Å². The lowest BCUT2D eigenvalue weighted by Crippen LogP contribution is -2.52. The van der Waals surface area contributed by atoms with Crippen molar-refractivity contribution in [2.75, 3.05) is 6.54 Å². The molecule has 0 spiro atoms. The third kappa shape index (κ3) is 7.15. The first-order chi connectivity index (χ1) is 19.6. The normalized spacial score (nSPS) is 15.2. The zero-order valence-electron chi connectivity index (χ0n) is 23.1. The van der Waals surface area contributed by atoms with Crippen molar-refractivity contribution in [1.82, 2.24) is 14.5 Å². The molecule has 4 rings (SSSR count). The van der Waals surface area contributed by atoms with Crippen LogP contribution in [0.25, 0.3) is 0 Å². The summed E-state index contributed by atoms with van der Waals surface area (Å²) in [6.07, 6.45) is 1.09. The van der Waals surface area contributed by atoms with Gasteiger partial charge in [-0.1, -0.05) is 73.1 Å². The predicted molar refractivity (Wildman–Crippen MR) is 158 cm³/mol. The lowest BCUT2D eigenvalue weighted by molar-refractivity contribution is -0.141. The number of benzene rings is 3. The predicted octanol–water partition coefficient (Wildman–Crippen LogP) is 4.82. The van der Waals surface area contributed by atoms with Gasteiger partial charge in [-0.25, -0.2) is 12.7 Å². The van der Waals surface area contributed by atoms with E-state index in [1.165, 1.54) is 12.1 Å². The number of hydrogen-bond donors (Lipinski definition) is 1. The molecular formula is C31H34ClN3O5S. The minimum atomic E-state index is -3.97. The van der Waals surface area contributed by atoms with Gasteiger partial charge in [0.05, 0.1) is 5.56 Å². The molecule has 41 heavy (non-hydrogen) atoms. The molecule has 3 aromatic carbocycles. The summed E-state index contributed by atoms with van der Waals surface area (Å²) in [5, 5.41) is 3.58. The smallest absolute Gasteiger partial charge is 0.269 e. The Morgan fingerprint density at radius 3 is 2.27 bits per heavy atom. The Balaban J connectivity index is 1.57. The number of sulfonamides is 1. The molecular weight excluding hydrogens is 562 g/mol. The second-order valence-electron chi connectivity index (χ2n) is 10.2. The molecule has 216 valence electrons. The van der Waals surface area contributed by atoms with Crippen LogP contribution in [0, 0.1) is 0 Å². The topological polar surface area (TPSA) is 104 Å². The number of rotatable bonds is 12. The first kappa shape index (κ1) is 30.3. The van der Waals surface area contributed by atoms with E-state index in [0.717, 1.165) is 21.9 Å². The molecule has 0 saturated carbocycles. The monoisotopic (exact) mass is 595 g/mol. The van der Waals surface area contributed by atoms with Gasteiger partial charge >= 0.3 is 0 Å². The van der Waals surface area contributed by atoms with Crippen LogP contribution in [0.4, 0.5) is 0 Å². The van der Waals surface area contributed by atoms with E-state index in [1.807, 2.05) is 56.3 Å². The van der Waals surface area contributed by atoms with Crippen molar-refractivity contribution in [3.05, 3.63) is 101 Å². The van der Waals surface area contributed by atoms with E-state index in [1.54, 1.807) is 29.2 Å². The van der Waals surface area contributed by atoms with Crippen LogP contribution in [0.15, 0.2) is 83.8 Å². The number of carbonyl (C=O) groups excluding carboxylic acids is 3. The first-order valence-corrected chi connectivity index (χ1v) is 15.5. The zero-order chi connectivity index (χ0) is 29.6.